The summed E-state index contributed by atoms with van der Waals surface area (Å²) in [6.45, 7) is 39.0. The maximum Gasteiger partial charge on any atom is 0.408 e. The molecule has 0 heterocycles. The van der Waals surface area contributed by atoms with E-state index in [1.807, 2.05) is 121 Å². The molecule has 10 rings (SSSR count). The van der Waals surface area contributed by atoms with Gasteiger partial charge in [-0.15, -0.1) is 12.8 Å². The number of hydrogen-bond acceptors (Lipinski definition) is 14. The maximum atomic E-state index is 13.1. The highest BCUT2D eigenvalue weighted by atomic mass is 16.6. The van der Waals surface area contributed by atoms with E-state index in [0.29, 0.717) is 51.2 Å². The molecule has 6 fully saturated rings. The summed E-state index contributed by atoms with van der Waals surface area (Å²) < 4.78 is 39.7. The third-order valence-corrected chi connectivity index (χ3v) is 19.5. The van der Waals surface area contributed by atoms with Crippen molar-refractivity contribution in [2.75, 3.05) is 0 Å². The van der Waals surface area contributed by atoms with E-state index >= 15 is 0 Å². The molecule has 0 bridgehead atoms. The van der Waals surface area contributed by atoms with Crippen molar-refractivity contribution in [2.24, 2.45) is 40.9 Å². The molecule has 3 amide bonds. The SMILES string of the molecule is C#C.CCC1C[C@]1(C)C(=O)OC(C)(C)C.CC[C@@H]1C[C@]1(NC(=O)OC(C)(C)C)C(=O)OC(C)(C)C.CC[C@H]1C[C@]1(NC(=O)[C@H]1CC[C@H](OCc2cccc3ccccc23)C1)C(=O)OC(C)(C)C.CC[C@H]1C[C@]1(NC(=O)[C@H]1CC[C@H](OCc2cccc3ccccc23)C1)C(=O)OC(C)(C)C. The zero-order chi connectivity index (χ0) is 73.9. The molecule has 3 N–H and O–H groups in total. The molecule has 0 saturated heterocycles. The third kappa shape index (κ3) is 22.5. The van der Waals surface area contributed by atoms with E-state index in [9.17, 15) is 33.6 Å². The monoisotopic (exact) mass is 1370 g/mol. The number of nitrogens with one attached hydrogen (secondary N) is 3. The molecule has 17 heteroatoms. The summed E-state index contributed by atoms with van der Waals surface area (Å²) in [5, 5.41) is 13.7. The Morgan fingerprint density at radius 2 is 0.717 bits per heavy atom. The second kappa shape index (κ2) is 32.7. The molecule has 0 aromatic heterocycles. The first kappa shape index (κ1) is 80.9. The van der Waals surface area contributed by atoms with Crippen LogP contribution in [-0.4, -0.2) is 98.6 Å². The van der Waals surface area contributed by atoms with Gasteiger partial charge >= 0.3 is 30.0 Å². The van der Waals surface area contributed by atoms with Crippen LogP contribution in [0.2, 0.25) is 0 Å². The van der Waals surface area contributed by atoms with Crippen molar-refractivity contribution in [2.45, 2.75) is 298 Å². The summed E-state index contributed by atoms with van der Waals surface area (Å²) in [5.74, 6) is -0.344. The van der Waals surface area contributed by atoms with Crippen LogP contribution >= 0.6 is 0 Å². The predicted molar refractivity (Wildman–Crippen MR) is 389 cm³/mol. The maximum absolute atomic E-state index is 13.1. The van der Waals surface area contributed by atoms with Gasteiger partial charge < -0.3 is 49.1 Å². The number of esters is 4. The number of benzene rings is 4. The van der Waals surface area contributed by atoms with Crippen LogP contribution in [0.5, 0.6) is 0 Å². The molecular weight excluding hydrogens is 1250 g/mol. The Bertz CT molecular complexity index is 3300. The van der Waals surface area contributed by atoms with Crippen LogP contribution in [0.1, 0.15) is 239 Å². The van der Waals surface area contributed by atoms with Gasteiger partial charge in [0.1, 0.15) is 44.6 Å². The number of terminal acetylenes is 1. The second-order valence-electron chi connectivity index (χ2n) is 33.3. The minimum Gasteiger partial charge on any atom is -0.460 e. The minimum atomic E-state index is -0.912. The van der Waals surface area contributed by atoms with E-state index in [1.165, 1.54) is 32.7 Å². The topological polar surface area (TPSA) is 220 Å². The van der Waals surface area contributed by atoms with Crippen LogP contribution in [0.4, 0.5) is 4.79 Å². The van der Waals surface area contributed by atoms with Gasteiger partial charge in [0.2, 0.25) is 11.8 Å². The van der Waals surface area contributed by atoms with Crippen molar-refractivity contribution in [3.8, 4) is 12.8 Å². The van der Waals surface area contributed by atoms with Gasteiger partial charge in [-0.05, 0) is 231 Å². The Labute approximate surface area is 591 Å². The molecule has 0 aliphatic heterocycles. The van der Waals surface area contributed by atoms with Gasteiger partial charge in [0.05, 0.1) is 30.8 Å². The Morgan fingerprint density at radius 1 is 0.404 bits per heavy atom. The highest BCUT2D eigenvalue weighted by Crippen LogP contribution is 2.55. The fourth-order valence-corrected chi connectivity index (χ4v) is 13.7. The Hall–Kier alpha value is -7.03. The van der Waals surface area contributed by atoms with E-state index in [4.69, 9.17) is 33.2 Å². The van der Waals surface area contributed by atoms with Crippen LogP contribution < -0.4 is 16.0 Å². The predicted octanol–water partition coefficient (Wildman–Crippen LogP) is 16.3. The lowest BCUT2D eigenvalue weighted by Crippen LogP contribution is -2.49. The fourth-order valence-electron chi connectivity index (χ4n) is 13.7. The number of rotatable bonds is 19. The average molecular weight is 1370 g/mol. The van der Waals surface area contributed by atoms with Gasteiger partial charge in [-0.3, -0.25) is 14.4 Å². The highest BCUT2D eigenvalue weighted by Gasteiger charge is 2.65. The Morgan fingerprint density at radius 3 is 1.03 bits per heavy atom. The number of carbonyl (C=O) groups is 7. The lowest BCUT2D eigenvalue weighted by Gasteiger charge is -2.27. The van der Waals surface area contributed by atoms with Crippen molar-refractivity contribution in [3.05, 3.63) is 96.1 Å². The lowest BCUT2D eigenvalue weighted by molar-refractivity contribution is -0.162. The van der Waals surface area contributed by atoms with Crippen LogP contribution in [0, 0.1) is 53.8 Å². The Balaban J connectivity index is 0.000000217. The minimum absolute atomic E-state index is 0.0214. The van der Waals surface area contributed by atoms with Crippen molar-refractivity contribution >= 4 is 63.3 Å². The molecule has 17 nitrogen and oxygen atoms in total. The first-order valence-corrected chi connectivity index (χ1v) is 36.2. The summed E-state index contributed by atoms with van der Waals surface area (Å²) in [5.41, 5.74) is -3.08. The van der Waals surface area contributed by atoms with Crippen LogP contribution in [0.15, 0.2) is 84.9 Å². The summed E-state index contributed by atoms with van der Waals surface area (Å²) in [7, 11) is 0. The zero-order valence-electron chi connectivity index (χ0n) is 63.4. The first-order valence-electron chi connectivity index (χ1n) is 36.2. The number of hydrogen-bond donors (Lipinski definition) is 3. The van der Waals surface area contributed by atoms with Gasteiger partial charge in [0.15, 0.2) is 0 Å². The van der Waals surface area contributed by atoms with Crippen LogP contribution in [0.25, 0.3) is 21.5 Å². The molecular formula is C82H119N3O14. The number of carbonyl (C=O) groups excluding carboxylic acids is 7. The normalized spacial score (nSPS) is 27.2. The third-order valence-electron chi connectivity index (χ3n) is 19.5. The first-order chi connectivity index (χ1) is 46.1. The summed E-state index contributed by atoms with van der Waals surface area (Å²) >= 11 is 0. The number of amides is 3. The van der Waals surface area contributed by atoms with E-state index in [2.05, 4.69) is 110 Å². The fraction of sp³-hybridized carbons (Fsp3) is 0.646. The van der Waals surface area contributed by atoms with Gasteiger partial charge in [0, 0.05) is 11.8 Å². The van der Waals surface area contributed by atoms with Crippen LogP contribution in [0.3, 0.4) is 0 Å². The average Bonchev–Trinajstić information content (AvgIpc) is 1.60. The summed E-state index contributed by atoms with van der Waals surface area (Å²) in [6.07, 6.45) is 18.7. The molecule has 546 valence electrons. The molecule has 12 atom stereocenters. The molecule has 6 aliphatic rings. The highest BCUT2D eigenvalue weighted by molar-refractivity contribution is 5.94. The van der Waals surface area contributed by atoms with Gasteiger partial charge in [-0.25, -0.2) is 19.2 Å². The van der Waals surface area contributed by atoms with Gasteiger partial charge in [-0.1, -0.05) is 138 Å². The van der Waals surface area contributed by atoms with E-state index < -0.39 is 45.1 Å². The molecule has 4 aromatic carbocycles. The smallest absolute Gasteiger partial charge is 0.408 e. The molecule has 6 aliphatic carbocycles. The van der Waals surface area contributed by atoms with E-state index in [-0.39, 0.29) is 88.5 Å². The molecule has 6 saturated carbocycles. The van der Waals surface area contributed by atoms with Gasteiger partial charge in [-0.2, -0.15) is 0 Å². The molecule has 1 unspecified atom stereocenters. The Kier molecular flexibility index (Phi) is 26.8. The van der Waals surface area contributed by atoms with Crippen molar-refractivity contribution in [1.29, 1.82) is 0 Å². The molecule has 0 spiro atoms. The van der Waals surface area contributed by atoms with E-state index in [0.717, 1.165) is 57.8 Å². The van der Waals surface area contributed by atoms with Crippen molar-refractivity contribution in [3.63, 3.8) is 0 Å². The number of ether oxygens (including phenoxy) is 7. The molecule has 4 aromatic rings. The summed E-state index contributed by atoms with van der Waals surface area (Å²) in [4.78, 5) is 87.7. The number of fused-ring (bicyclic) bond motifs is 2. The lowest BCUT2D eigenvalue weighted by atomic mass is 10.0. The molecule has 99 heavy (non-hydrogen) atoms. The standard InChI is InChI=1S/2C27H35NO4.C15H27NO4.C11H20O2.C2H2/c2*1-5-21-16-27(21,25(30)32-26(2,3)4)28-24(29)19-13-14-22(15-19)31-17-20-11-8-10-18-9-6-7-12-23(18)20;1-8-10-9-15(10,11(17)19-13(2,3)4)16-12(18)20-14(5,6)7;1-6-8-7-11(8,5)9(12)13-10(2,3)4;1-2/h2*6-12,19,21-22H,5,13-17H2,1-4H3,(H,28,29);10H,8-9H2,1-7H3,(H,16,18);8H,6-7H2,1-5H3;1-2H/t2*19-,21-,22-,27+;10-,15-;8?,11-;/m0010./s1. The quantitative estimate of drug-likeness (QED) is 0.0452. The molecule has 0 radical (unpaired) electrons. The number of alkyl carbamates (subject to hydrolysis) is 1. The van der Waals surface area contributed by atoms with Crippen LogP contribution in [-0.2, 0) is 75.1 Å². The zero-order valence-corrected chi connectivity index (χ0v) is 63.4. The van der Waals surface area contributed by atoms with E-state index in [1.54, 1.807) is 20.8 Å². The summed E-state index contributed by atoms with van der Waals surface area (Å²) in [6, 6.07) is 29.2. The van der Waals surface area contributed by atoms with Crippen molar-refractivity contribution < 1.29 is 66.7 Å². The second-order valence-corrected chi connectivity index (χ2v) is 33.3. The largest absolute Gasteiger partial charge is 0.460 e. The van der Waals surface area contributed by atoms with Crippen molar-refractivity contribution in [1.82, 2.24) is 16.0 Å². The van der Waals surface area contributed by atoms with Gasteiger partial charge in [0.25, 0.3) is 0 Å².